The molecule has 180 valence electrons. The minimum atomic E-state index is -0.974. The highest BCUT2D eigenvalue weighted by molar-refractivity contribution is 6.22. The average Bonchev–Trinajstić information content (AvgIpc) is 2.90. The number of anilines is 1. The van der Waals surface area contributed by atoms with E-state index in [4.69, 9.17) is 21.6 Å². The van der Waals surface area contributed by atoms with Gasteiger partial charge in [0.05, 0.1) is 11.7 Å². The smallest absolute Gasteiger partial charge is 0.265 e. The number of nitrogens with zero attached hydrogens (tertiary/aromatic N) is 1. The summed E-state index contributed by atoms with van der Waals surface area (Å²) in [6, 6.07) is 30.6. The van der Waals surface area contributed by atoms with E-state index in [0.29, 0.717) is 22.7 Å². The number of carbonyl (C=O) groups excluding carboxylic acids is 2. The van der Waals surface area contributed by atoms with Gasteiger partial charge in [0.1, 0.15) is 17.3 Å². The van der Waals surface area contributed by atoms with Crippen LogP contribution in [0.1, 0.15) is 21.5 Å². The first-order chi connectivity index (χ1) is 17.4. The molecule has 0 aliphatic heterocycles. The summed E-state index contributed by atoms with van der Waals surface area (Å²) in [5, 5.41) is 7.54. The summed E-state index contributed by atoms with van der Waals surface area (Å²) in [5.41, 5.74) is 13.8. The number of nitrogens with one attached hydrogen (secondary N) is 1. The van der Waals surface area contributed by atoms with Gasteiger partial charge in [0, 0.05) is 11.1 Å². The monoisotopic (exact) mass is 478 g/mol. The number of amides is 2. The maximum Gasteiger partial charge on any atom is 0.265 e. The number of hydrogen-bond acceptors (Lipinski definition) is 5. The number of carbonyl (C=O) groups is 2. The Morgan fingerprint density at radius 3 is 2.00 bits per heavy atom. The summed E-state index contributed by atoms with van der Waals surface area (Å²) < 4.78 is 5.89. The Labute approximate surface area is 209 Å². The van der Waals surface area contributed by atoms with Crippen molar-refractivity contribution in [2.45, 2.75) is 12.5 Å². The zero-order chi connectivity index (χ0) is 25.5. The van der Waals surface area contributed by atoms with Gasteiger partial charge in [-0.25, -0.2) is 4.90 Å². The lowest BCUT2D eigenvalue weighted by Crippen LogP contribution is -2.48. The van der Waals surface area contributed by atoms with Crippen molar-refractivity contribution in [3.63, 3.8) is 0 Å². The van der Waals surface area contributed by atoms with Crippen LogP contribution in [0.3, 0.4) is 0 Å². The third-order valence-electron chi connectivity index (χ3n) is 5.53. The predicted octanol–water partition coefficient (Wildman–Crippen LogP) is 4.51. The highest BCUT2D eigenvalue weighted by atomic mass is 16.5. The largest absolute Gasteiger partial charge is 0.457 e. The lowest BCUT2D eigenvalue weighted by atomic mass is 10.0. The summed E-state index contributed by atoms with van der Waals surface area (Å²) in [6.07, 6.45) is 0.213. The van der Waals surface area contributed by atoms with Crippen molar-refractivity contribution in [3.8, 4) is 11.5 Å². The molecule has 0 spiro atoms. The minimum Gasteiger partial charge on any atom is -0.457 e. The summed E-state index contributed by atoms with van der Waals surface area (Å²) >= 11 is 0. The van der Waals surface area contributed by atoms with E-state index in [9.17, 15) is 9.59 Å². The van der Waals surface area contributed by atoms with Crippen LogP contribution in [0.5, 0.6) is 11.5 Å². The molecule has 36 heavy (non-hydrogen) atoms. The number of para-hydroxylation sites is 2. The number of benzene rings is 4. The van der Waals surface area contributed by atoms with E-state index in [2.05, 4.69) is 0 Å². The standard InChI is InChI=1S/C29H26N4O3/c30-26(19-20-8-7-13-25(18-20)36-24-11-5-2-6-12-24)29(35)33(23-9-3-1-4-10-23)28(34)22-16-14-21(15-17-22)27(31)32/h1-18,26H,19,30H2,(H3,31,32). The van der Waals surface area contributed by atoms with Gasteiger partial charge in [-0.3, -0.25) is 15.0 Å². The molecule has 2 amide bonds. The van der Waals surface area contributed by atoms with Crippen molar-refractivity contribution in [1.29, 1.82) is 5.41 Å². The number of nitrogens with two attached hydrogens (primary N) is 2. The molecule has 0 aromatic heterocycles. The number of rotatable bonds is 8. The van der Waals surface area contributed by atoms with Gasteiger partial charge in [-0.15, -0.1) is 0 Å². The lowest BCUT2D eigenvalue weighted by Gasteiger charge is -2.24. The average molecular weight is 479 g/mol. The lowest BCUT2D eigenvalue weighted by molar-refractivity contribution is -0.119. The SMILES string of the molecule is N=C(N)c1ccc(C(=O)N(C(=O)C(N)Cc2cccc(Oc3ccccc3)c2)c2ccccc2)cc1. The zero-order valence-corrected chi connectivity index (χ0v) is 19.5. The Morgan fingerprint density at radius 2 is 1.36 bits per heavy atom. The van der Waals surface area contributed by atoms with Crippen LogP contribution in [0.4, 0.5) is 5.69 Å². The van der Waals surface area contributed by atoms with Crippen LogP contribution in [0, 0.1) is 5.41 Å². The van der Waals surface area contributed by atoms with Crippen LogP contribution in [-0.4, -0.2) is 23.7 Å². The van der Waals surface area contributed by atoms with Gasteiger partial charge in [-0.1, -0.05) is 60.7 Å². The first-order valence-corrected chi connectivity index (χ1v) is 11.4. The first-order valence-electron chi connectivity index (χ1n) is 11.4. The van der Waals surface area contributed by atoms with Crippen LogP contribution >= 0.6 is 0 Å². The fraction of sp³-hybridized carbons (Fsp3) is 0.0690. The van der Waals surface area contributed by atoms with Gasteiger partial charge in [0.2, 0.25) is 0 Å². The van der Waals surface area contributed by atoms with Crippen LogP contribution in [0.25, 0.3) is 0 Å². The summed E-state index contributed by atoms with van der Waals surface area (Å²) in [4.78, 5) is 28.0. The number of hydrogen-bond donors (Lipinski definition) is 3. The van der Waals surface area contributed by atoms with Crippen LogP contribution < -0.4 is 21.1 Å². The van der Waals surface area contributed by atoms with E-state index in [0.717, 1.165) is 10.5 Å². The summed E-state index contributed by atoms with van der Waals surface area (Å²) in [5.74, 6) is 0.172. The third-order valence-corrected chi connectivity index (χ3v) is 5.53. The Morgan fingerprint density at radius 1 is 0.778 bits per heavy atom. The fourth-order valence-corrected chi connectivity index (χ4v) is 3.71. The van der Waals surface area contributed by atoms with Gasteiger partial charge < -0.3 is 16.2 Å². The topological polar surface area (TPSA) is 122 Å². The Bertz CT molecular complexity index is 1360. The number of nitrogen functional groups attached to an aromatic ring is 1. The molecule has 0 heterocycles. The van der Waals surface area contributed by atoms with Crippen molar-refractivity contribution in [3.05, 3.63) is 126 Å². The van der Waals surface area contributed by atoms with Crippen molar-refractivity contribution >= 4 is 23.3 Å². The molecule has 7 nitrogen and oxygen atoms in total. The molecule has 0 bridgehead atoms. The quantitative estimate of drug-likeness (QED) is 0.254. The summed E-state index contributed by atoms with van der Waals surface area (Å²) in [7, 11) is 0. The molecule has 4 aromatic carbocycles. The van der Waals surface area contributed by atoms with Crippen molar-refractivity contribution < 1.29 is 14.3 Å². The third kappa shape index (κ3) is 5.84. The van der Waals surface area contributed by atoms with E-state index in [1.807, 2.05) is 54.6 Å². The molecule has 4 aromatic rings. The Hall–Kier alpha value is -4.75. The van der Waals surface area contributed by atoms with Crippen molar-refractivity contribution in [1.82, 2.24) is 0 Å². The maximum absolute atomic E-state index is 13.5. The number of imide groups is 1. The van der Waals surface area contributed by atoms with E-state index < -0.39 is 17.9 Å². The normalized spacial score (nSPS) is 11.4. The van der Waals surface area contributed by atoms with E-state index in [1.54, 1.807) is 42.5 Å². The van der Waals surface area contributed by atoms with E-state index >= 15 is 0 Å². The molecule has 1 atom stereocenters. The Balaban J connectivity index is 1.56. The molecular weight excluding hydrogens is 452 g/mol. The molecule has 1 unspecified atom stereocenters. The molecule has 5 N–H and O–H groups in total. The summed E-state index contributed by atoms with van der Waals surface area (Å²) in [6.45, 7) is 0. The molecule has 0 aliphatic carbocycles. The van der Waals surface area contributed by atoms with Crippen LogP contribution in [-0.2, 0) is 11.2 Å². The van der Waals surface area contributed by atoms with Crippen LogP contribution in [0.2, 0.25) is 0 Å². The molecule has 0 fully saturated rings. The highest BCUT2D eigenvalue weighted by Gasteiger charge is 2.29. The highest BCUT2D eigenvalue weighted by Crippen LogP contribution is 2.23. The van der Waals surface area contributed by atoms with Gasteiger partial charge >= 0.3 is 0 Å². The number of ether oxygens (including phenoxy) is 1. The second-order valence-electron chi connectivity index (χ2n) is 8.18. The fourth-order valence-electron chi connectivity index (χ4n) is 3.71. The molecule has 0 aliphatic rings. The minimum absolute atomic E-state index is 0.106. The van der Waals surface area contributed by atoms with Gasteiger partial charge in [0.15, 0.2) is 0 Å². The second kappa shape index (κ2) is 11.1. The molecule has 0 radical (unpaired) electrons. The van der Waals surface area contributed by atoms with Gasteiger partial charge in [-0.2, -0.15) is 0 Å². The van der Waals surface area contributed by atoms with E-state index in [1.165, 1.54) is 12.1 Å². The molecular formula is C29H26N4O3. The molecule has 4 rings (SSSR count). The van der Waals surface area contributed by atoms with Crippen molar-refractivity contribution in [2.24, 2.45) is 11.5 Å². The zero-order valence-electron chi connectivity index (χ0n) is 19.5. The second-order valence-corrected chi connectivity index (χ2v) is 8.18. The Kier molecular flexibility index (Phi) is 7.53. The predicted molar refractivity (Wildman–Crippen MR) is 140 cm³/mol. The number of amidine groups is 1. The van der Waals surface area contributed by atoms with E-state index in [-0.39, 0.29) is 17.8 Å². The van der Waals surface area contributed by atoms with Gasteiger partial charge in [0.25, 0.3) is 11.8 Å². The molecule has 0 saturated heterocycles. The van der Waals surface area contributed by atoms with Gasteiger partial charge in [-0.05, 0) is 60.5 Å². The maximum atomic E-state index is 13.5. The molecule has 7 heteroatoms. The van der Waals surface area contributed by atoms with Crippen molar-refractivity contribution in [2.75, 3.05) is 4.90 Å². The van der Waals surface area contributed by atoms with Crippen LogP contribution in [0.15, 0.2) is 109 Å². The first kappa shape index (κ1) is 24.4. The molecule has 0 saturated carbocycles.